The zero-order chi connectivity index (χ0) is 25.0. The van der Waals surface area contributed by atoms with E-state index in [2.05, 4.69) is 16.7 Å². The highest BCUT2D eigenvalue weighted by Crippen LogP contribution is 2.22. The van der Waals surface area contributed by atoms with Gasteiger partial charge < -0.3 is 21.1 Å². The number of hydrogen-bond acceptors (Lipinski definition) is 5. The molecule has 0 saturated heterocycles. The zero-order valence-electron chi connectivity index (χ0n) is 19.7. The van der Waals surface area contributed by atoms with Crippen molar-refractivity contribution in [3.05, 3.63) is 35.9 Å². The Labute approximate surface area is 195 Å². The van der Waals surface area contributed by atoms with Crippen molar-refractivity contribution in [3.63, 3.8) is 0 Å². The van der Waals surface area contributed by atoms with Crippen molar-refractivity contribution >= 4 is 23.8 Å². The van der Waals surface area contributed by atoms with Gasteiger partial charge in [0.15, 0.2) is 0 Å². The van der Waals surface area contributed by atoms with Gasteiger partial charge in [-0.3, -0.25) is 19.3 Å². The molecule has 0 heterocycles. The number of amides is 4. The number of carbonyl (C=O) groups is 4. The van der Waals surface area contributed by atoms with Gasteiger partial charge in [-0.25, -0.2) is 4.79 Å². The van der Waals surface area contributed by atoms with E-state index in [-0.39, 0.29) is 12.8 Å². The Kier molecular flexibility index (Phi) is 10.9. The summed E-state index contributed by atoms with van der Waals surface area (Å²) in [6, 6.07) is 8.52. The van der Waals surface area contributed by atoms with E-state index in [1.807, 2.05) is 6.92 Å². The first-order valence-electron chi connectivity index (χ1n) is 10.9. The molecule has 1 aromatic rings. The predicted octanol–water partition coefficient (Wildman–Crippen LogP) is 2.22. The van der Waals surface area contributed by atoms with E-state index in [1.165, 1.54) is 0 Å². The van der Waals surface area contributed by atoms with Crippen LogP contribution in [0.5, 0.6) is 0 Å². The van der Waals surface area contributed by atoms with E-state index < -0.39 is 41.5 Å². The van der Waals surface area contributed by atoms with E-state index in [0.29, 0.717) is 12.1 Å². The first kappa shape index (κ1) is 27.5. The molecule has 9 nitrogen and oxygen atoms in total. The number of unbranched alkanes of at least 4 members (excludes halogenated alkanes) is 1. The van der Waals surface area contributed by atoms with E-state index in [1.54, 1.807) is 51.1 Å². The summed E-state index contributed by atoms with van der Waals surface area (Å²) in [6.45, 7) is 7.43. The van der Waals surface area contributed by atoms with Gasteiger partial charge in [0.1, 0.15) is 17.7 Å². The summed E-state index contributed by atoms with van der Waals surface area (Å²) >= 11 is 0. The topological polar surface area (TPSA) is 131 Å². The predicted molar refractivity (Wildman–Crippen MR) is 124 cm³/mol. The van der Waals surface area contributed by atoms with Crippen molar-refractivity contribution in [3.8, 4) is 12.5 Å². The van der Waals surface area contributed by atoms with Crippen LogP contribution in [-0.2, 0) is 19.1 Å². The van der Waals surface area contributed by atoms with Crippen LogP contribution in [0.2, 0.25) is 0 Å². The van der Waals surface area contributed by atoms with Gasteiger partial charge in [-0.15, -0.1) is 0 Å². The molecule has 0 radical (unpaired) electrons. The minimum Gasteiger partial charge on any atom is -0.444 e. The Morgan fingerprint density at radius 2 is 1.82 bits per heavy atom. The molecule has 180 valence electrons. The Bertz CT molecular complexity index is 858. The van der Waals surface area contributed by atoms with Gasteiger partial charge in [-0.05, 0) is 39.2 Å². The molecule has 0 aliphatic heterocycles. The fraction of sp³-hybridized carbons (Fsp3) is 0.500. The molecule has 2 unspecified atom stereocenters. The molecule has 0 saturated carbocycles. The lowest BCUT2D eigenvalue weighted by Gasteiger charge is -2.30. The Hall–Kier alpha value is -3.54. The average molecular weight is 459 g/mol. The molecule has 0 fully saturated rings. The Morgan fingerprint density at radius 3 is 2.33 bits per heavy atom. The van der Waals surface area contributed by atoms with Gasteiger partial charge in [-0.2, -0.15) is 0 Å². The van der Waals surface area contributed by atoms with Gasteiger partial charge >= 0.3 is 6.09 Å². The Balaban J connectivity index is 3.25. The summed E-state index contributed by atoms with van der Waals surface area (Å²) in [4.78, 5) is 51.0. The number of nitrogens with one attached hydrogen (secondary N) is 2. The molecule has 0 aromatic heterocycles. The summed E-state index contributed by atoms with van der Waals surface area (Å²) < 4.78 is 5.23. The number of ether oxygens (including phenoxy) is 1. The summed E-state index contributed by atoms with van der Waals surface area (Å²) in [6.07, 6.45) is 6.17. The smallest absolute Gasteiger partial charge is 0.408 e. The molecular weight excluding hydrogens is 424 g/mol. The second-order valence-corrected chi connectivity index (χ2v) is 8.50. The van der Waals surface area contributed by atoms with Crippen LogP contribution in [0.25, 0.3) is 0 Å². The standard InChI is InChI=1S/C24H34N4O5/c1-6-8-16-26-21(30)20(17-12-10-9-11-13-17)28(7-2)22(31)18(14-15-19(25)29)27-23(32)33-24(3,4)5/h2,9-13,18,20H,6,8,14-16H2,1,3-5H3,(H2,25,29)(H,26,30)(H,27,32). The molecule has 4 N–H and O–H groups in total. The van der Waals surface area contributed by atoms with Gasteiger partial charge in [0.05, 0.1) is 0 Å². The van der Waals surface area contributed by atoms with Crippen LogP contribution in [0.15, 0.2) is 30.3 Å². The molecule has 0 bridgehead atoms. The molecule has 1 rings (SSSR count). The van der Waals surface area contributed by atoms with Crippen molar-refractivity contribution in [2.75, 3.05) is 6.54 Å². The number of rotatable bonds is 11. The van der Waals surface area contributed by atoms with Gasteiger partial charge in [0.25, 0.3) is 5.91 Å². The van der Waals surface area contributed by atoms with Crippen molar-refractivity contribution in [1.29, 1.82) is 0 Å². The van der Waals surface area contributed by atoms with E-state index >= 15 is 0 Å². The van der Waals surface area contributed by atoms with Crippen molar-refractivity contribution < 1.29 is 23.9 Å². The van der Waals surface area contributed by atoms with Gasteiger partial charge in [0.2, 0.25) is 11.8 Å². The van der Waals surface area contributed by atoms with Crippen LogP contribution in [0.3, 0.4) is 0 Å². The highest BCUT2D eigenvalue weighted by Gasteiger charge is 2.35. The molecule has 0 aliphatic carbocycles. The largest absolute Gasteiger partial charge is 0.444 e. The number of benzene rings is 1. The van der Waals surface area contributed by atoms with Crippen LogP contribution in [-0.4, -0.2) is 46.9 Å². The highest BCUT2D eigenvalue weighted by atomic mass is 16.6. The molecule has 9 heteroatoms. The third-order valence-electron chi connectivity index (χ3n) is 4.50. The van der Waals surface area contributed by atoms with Gasteiger partial charge in [0, 0.05) is 19.0 Å². The summed E-state index contributed by atoms with van der Waals surface area (Å²) in [7, 11) is 0. The fourth-order valence-electron chi connectivity index (χ4n) is 2.97. The van der Waals surface area contributed by atoms with Crippen LogP contribution < -0.4 is 16.4 Å². The van der Waals surface area contributed by atoms with Gasteiger partial charge in [-0.1, -0.05) is 50.1 Å². The van der Waals surface area contributed by atoms with Crippen LogP contribution >= 0.6 is 0 Å². The molecule has 0 aliphatic rings. The highest BCUT2D eigenvalue weighted by molar-refractivity contribution is 5.93. The number of primary amides is 1. The number of carbonyl (C=O) groups excluding carboxylic acids is 4. The number of nitrogens with two attached hydrogens (primary N) is 1. The minimum atomic E-state index is -1.22. The van der Waals surface area contributed by atoms with Crippen LogP contribution in [0.1, 0.15) is 65.0 Å². The third kappa shape index (κ3) is 9.64. The number of hydrogen-bond donors (Lipinski definition) is 3. The van der Waals surface area contributed by atoms with Crippen molar-refractivity contribution in [2.24, 2.45) is 5.73 Å². The summed E-state index contributed by atoms with van der Waals surface area (Å²) in [5.41, 5.74) is 4.93. The van der Waals surface area contributed by atoms with E-state index in [4.69, 9.17) is 16.9 Å². The maximum atomic E-state index is 13.4. The van der Waals surface area contributed by atoms with E-state index in [0.717, 1.165) is 17.7 Å². The Morgan fingerprint density at radius 1 is 1.18 bits per heavy atom. The number of nitrogens with zero attached hydrogens (tertiary/aromatic N) is 1. The second-order valence-electron chi connectivity index (χ2n) is 8.50. The monoisotopic (exact) mass is 458 g/mol. The van der Waals surface area contributed by atoms with Crippen LogP contribution in [0.4, 0.5) is 4.79 Å². The lowest BCUT2D eigenvalue weighted by atomic mass is 10.0. The number of terminal acetylenes is 1. The molecule has 1 aromatic carbocycles. The van der Waals surface area contributed by atoms with Crippen molar-refractivity contribution in [1.82, 2.24) is 15.5 Å². The first-order chi connectivity index (χ1) is 15.5. The summed E-state index contributed by atoms with van der Waals surface area (Å²) in [5.74, 6) is -1.83. The average Bonchev–Trinajstić information content (AvgIpc) is 2.73. The molecule has 0 spiro atoms. The normalized spacial score (nSPS) is 12.6. The lowest BCUT2D eigenvalue weighted by Crippen LogP contribution is -2.51. The van der Waals surface area contributed by atoms with Crippen LogP contribution in [0, 0.1) is 12.5 Å². The first-order valence-corrected chi connectivity index (χ1v) is 10.9. The summed E-state index contributed by atoms with van der Waals surface area (Å²) in [5, 5.41) is 5.25. The fourth-order valence-corrected chi connectivity index (χ4v) is 2.97. The maximum absolute atomic E-state index is 13.4. The zero-order valence-corrected chi connectivity index (χ0v) is 19.7. The quantitative estimate of drug-likeness (QED) is 0.266. The molecular formula is C24H34N4O5. The molecule has 2 atom stereocenters. The minimum absolute atomic E-state index is 0.107. The maximum Gasteiger partial charge on any atom is 0.408 e. The third-order valence-corrected chi connectivity index (χ3v) is 4.50. The molecule has 33 heavy (non-hydrogen) atoms. The van der Waals surface area contributed by atoms with E-state index in [9.17, 15) is 19.2 Å². The number of alkyl carbamates (subject to hydrolysis) is 1. The van der Waals surface area contributed by atoms with Crippen molar-refractivity contribution in [2.45, 2.75) is 71.1 Å². The second kappa shape index (κ2) is 13.1. The SMILES string of the molecule is C#CN(C(=O)C(CCC(N)=O)NC(=O)OC(C)(C)C)C(C(=O)NCCCC)c1ccccc1. The molecule has 4 amide bonds. The lowest BCUT2D eigenvalue weighted by molar-refractivity contribution is -0.138.